The summed E-state index contributed by atoms with van der Waals surface area (Å²) < 4.78 is 5.28. The molecule has 0 aromatic rings. The second kappa shape index (κ2) is 11.8. The van der Waals surface area contributed by atoms with Crippen molar-refractivity contribution < 1.29 is 19.5 Å². The zero-order valence-electron chi connectivity index (χ0n) is 10.5. The molecule has 0 heterocycles. The minimum atomic E-state index is -0.644. The molecule has 0 aliphatic carbocycles. The van der Waals surface area contributed by atoms with Gasteiger partial charge in [0.25, 0.3) is 0 Å². The van der Waals surface area contributed by atoms with E-state index in [1.54, 1.807) is 0 Å². The third kappa shape index (κ3) is 13.2. The van der Waals surface area contributed by atoms with Crippen molar-refractivity contribution >= 4 is 5.91 Å². The Labute approximate surface area is 102 Å². The van der Waals surface area contributed by atoms with E-state index < -0.39 is 12.0 Å². The van der Waals surface area contributed by atoms with Crippen LogP contribution in [0.5, 0.6) is 0 Å². The molecule has 1 unspecified atom stereocenters. The number of aliphatic hydroxyl groups excluding tert-OH is 1. The molecular formula is C11H24N2O4. The Bertz CT molecular complexity index is 190. The first-order valence-corrected chi connectivity index (χ1v) is 6.05. The third-order valence-corrected chi connectivity index (χ3v) is 2.09. The number of unbranched alkanes of at least 4 members (excludes halogenated alkanes) is 3. The average molecular weight is 248 g/mol. The summed E-state index contributed by atoms with van der Waals surface area (Å²) in [4.78, 5) is 15.0. The highest BCUT2D eigenvalue weighted by Crippen LogP contribution is 1.99. The van der Waals surface area contributed by atoms with Crippen molar-refractivity contribution in [2.45, 2.75) is 38.7 Å². The van der Waals surface area contributed by atoms with Crippen molar-refractivity contribution in [1.82, 2.24) is 5.48 Å². The first-order chi connectivity index (χ1) is 8.16. The molecule has 0 fully saturated rings. The highest BCUT2D eigenvalue weighted by atomic mass is 16.6. The van der Waals surface area contributed by atoms with Gasteiger partial charge in [0.15, 0.2) is 0 Å². The molecule has 0 aliphatic heterocycles. The number of amides is 1. The number of hydroxylamine groups is 1. The second-order valence-electron chi connectivity index (χ2n) is 3.89. The molecule has 102 valence electrons. The topological polar surface area (TPSA) is 93.8 Å². The molecule has 4 N–H and O–H groups in total. The number of nitrogens with two attached hydrogens (primary N) is 1. The van der Waals surface area contributed by atoms with Gasteiger partial charge in [0.2, 0.25) is 5.91 Å². The molecule has 0 spiro atoms. The SMILES string of the molecule is CCCCCCOCC(O)CNOCC(N)=O. The quantitative estimate of drug-likeness (QED) is 0.332. The summed E-state index contributed by atoms with van der Waals surface area (Å²) in [5, 5.41) is 9.43. The number of carbonyl (C=O) groups is 1. The summed E-state index contributed by atoms with van der Waals surface area (Å²) in [5.74, 6) is -0.556. The van der Waals surface area contributed by atoms with E-state index in [9.17, 15) is 9.90 Å². The Kier molecular flexibility index (Phi) is 11.3. The van der Waals surface area contributed by atoms with Gasteiger partial charge < -0.3 is 15.6 Å². The van der Waals surface area contributed by atoms with E-state index >= 15 is 0 Å². The van der Waals surface area contributed by atoms with Crippen molar-refractivity contribution in [3.8, 4) is 0 Å². The van der Waals surface area contributed by atoms with Gasteiger partial charge >= 0.3 is 0 Å². The molecule has 1 atom stereocenters. The zero-order valence-corrected chi connectivity index (χ0v) is 10.5. The summed E-state index contributed by atoms with van der Waals surface area (Å²) in [7, 11) is 0. The molecule has 0 rings (SSSR count). The number of primary amides is 1. The summed E-state index contributed by atoms with van der Waals surface area (Å²) >= 11 is 0. The van der Waals surface area contributed by atoms with Gasteiger partial charge in [0, 0.05) is 13.2 Å². The maximum Gasteiger partial charge on any atom is 0.245 e. The summed E-state index contributed by atoms with van der Waals surface area (Å²) in [5.41, 5.74) is 7.30. The molecule has 0 aliphatic rings. The predicted molar refractivity (Wildman–Crippen MR) is 64.1 cm³/mol. The molecule has 17 heavy (non-hydrogen) atoms. The van der Waals surface area contributed by atoms with Crippen LogP contribution in [0.4, 0.5) is 0 Å². The van der Waals surface area contributed by atoms with Crippen LogP contribution in [0.15, 0.2) is 0 Å². The van der Waals surface area contributed by atoms with Crippen LogP contribution in [-0.4, -0.2) is 43.5 Å². The maximum atomic E-state index is 10.3. The molecule has 0 radical (unpaired) electrons. The van der Waals surface area contributed by atoms with Crippen LogP contribution in [0, 0.1) is 0 Å². The first-order valence-electron chi connectivity index (χ1n) is 6.05. The van der Waals surface area contributed by atoms with Gasteiger partial charge in [-0.3, -0.25) is 9.63 Å². The molecule has 0 bridgehead atoms. The minimum Gasteiger partial charge on any atom is -0.389 e. The van der Waals surface area contributed by atoms with Crippen LogP contribution < -0.4 is 11.2 Å². The first kappa shape index (κ1) is 16.3. The van der Waals surface area contributed by atoms with E-state index in [-0.39, 0.29) is 19.8 Å². The van der Waals surface area contributed by atoms with Crippen molar-refractivity contribution in [2.75, 3.05) is 26.4 Å². The number of ether oxygens (including phenoxy) is 1. The number of rotatable bonds is 12. The maximum absolute atomic E-state index is 10.3. The Balaban J connectivity index is 3.17. The smallest absolute Gasteiger partial charge is 0.245 e. The van der Waals surface area contributed by atoms with E-state index in [0.29, 0.717) is 6.61 Å². The summed E-state index contributed by atoms with van der Waals surface area (Å²) in [6.07, 6.45) is 3.95. The number of hydrogen-bond donors (Lipinski definition) is 3. The standard InChI is InChI=1S/C11H24N2O4/c1-2-3-4-5-6-16-8-10(14)7-13-17-9-11(12)15/h10,13-14H,2-9H2,1H3,(H2,12,15). The minimum absolute atomic E-state index is 0.204. The van der Waals surface area contributed by atoms with Crippen LogP contribution >= 0.6 is 0 Å². The Morgan fingerprint density at radius 1 is 1.41 bits per heavy atom. The van der Waals surface area contributed by atoms with Crippen LogP contribution in [0.2, 0.25) is 0 Å². The second-order valence-corrected chi connectivity index (χ2v) is 3.89. The van der Waals surface area contributed by atoms with Crippen molar-refractivity contribution in [1.29, 1.82) is 0 Å². The lowest BCUT2D eigenvalue weighted by atomic mass is 10.2. The highest BCUT2D eigenvalue weighted by Gasteiger charge is 2.04. The van der Waals surface area contributed by atoms with Gasteiger partial charge in [0.05, 0.1) is 12.7 Å². The summed E-state index contributed by atoms with van der Waals surface area (Å²) in [6, 6.07) is 0. The number of hydrogen-bond acceptors (Lipinski definition) is 5. The lowest BCUT2D eigenvalue weighted by Gasteiger charge is -2.11. The van der Waals surface area contributed by atoms with Crippen molar-refractivity contribution in [3.05, 3.63) is 0 Å². The van der Waals surface area contributed by atoms with Gasteiger partial charge in [-0.05, 0) is 6.42 Å². The molecular weight excluding hydrogens is 224 g/mol. The van der Waals surface area contributed by atoms with E-state index in [1.807, 2.05) is 0 Å². The molecule has 0 saturated heterocycles. The van der Waals surface area contributed by atoms with E-state index in [2.05, 4.69) is 17.2 Å². The molecule has 0 aromatic carbocycles. The molecule has 6 nitrogen and oxygen atoms in total. The average Bonchev–Trinajstić information content (AvgIpc) is 2.29. The van der Waals surface area contributed by atoms with Crippen molar-refractivity contribution in [3.63, 3.8) is 0 Å². The van der Waals surface area contributed by atoms with Gasteiger partial charge in [-0.25, -0.2) is 0 Å². The van der Waals surface area contributed by atoms with Gasteiger partial charge in [-0.15, -0.1) is 0 Å². The molecule has 1 amide bonds. The largest absolute Gasteiger partial charge is 0.389 e. The summed E-state index contributed by atoms with van der Waals surface area (Å²) in [6.45, 7) is 3.09. The predicted octanol–water partition coefficient (Wildman–Crippen LogP) is -0.0493. The van der Waals surface area contributed by atoms with Gasteiger partial charge in [-0.2, -0.15) is 5.48 Å². The van der Waals surface area contributed by atoms with E-state index in [4.69, 9.17) is 10.5 Å². The Morgan fingerprint density at radius 2 is 2.18 bits per heavy atom. The lowest BCUT2D eigenvalue weighted by molar-refractivity contribution is -0.126. The van der Waals surface area contributed by atoms with Gasteiger partial charge in [-0.1, -0.05) is 26.2 Å². The van der Waals surface area contributed by atoms with E-state index in [0.717, 1.165) is 12.8 Å². The van der Waals surface area contributed by atoms with Crippen LogP contribution in [0.25, 0.3) is 0 Å². The number of aliphatic hydroxyl groups is 1. The number of nitrogens with one attached hydrogen (secondary N) is 1. The monoisotopic (exact) mass is 248 g/mol. The third-order valence-electron chi connectivity index (χ3n) is 2.09. The lowest BCUT2D eigenvalue weighted by Crippen LogP contribution is -2.33. The van der Waals surface area contributed by atoms with E-state index in [1.165, 1.54) is 12.8 Å². The fourth-order valence-electron chi connectivity index (χ4n) is 1.19. The molecule has 0 saturated carbocycles. The van der Waals surface area contributed by atoms with Crippen LogP contribution in [-0.2, 0) is 14.4 Å². The molecule has 0 aromatic heterocycles. The Hall–Kier alpha value is -0.690. The normalized spacial score (nSPS) is 12.6. The highest BCUT2D eigenvalue weighted by molar-refractivity contribution is 5.74. The number of carbonyl (C=O) groups excluding carboxylic acids is 1. The van der Waals surface area contributed by atoms with Crippen molar-refractivity contribution in [2.24, 2.45) is 5.73 Å². The van der Waals surface area contributed by atoms with Crippen LogP contribution in [0.1, 0.15) is 32.6 Å². The fourth-order valence-corrected chi connectivity index (χ4v) is 1.19. The van der Waals surface area contributed by atoms with Crippen LogP contribution in [0.3, 0.4) is 0 Å². The van der Waals surface area contributed by atoms with Gasteiger partial charge in [0.1, 0.15) is 6.61 Å². The Morgan fingerprint density at radius 3 is 2.82 bits per heavy atom. The fraction of sp³-hybridized carbons (Fsp3) is 0.909. The molecule has 6 heteroatoms. The zero-order chi connectivity index (χ0) is 12.9.